The van der Waals surface area contributed by atoms with Crippen LogP contribution in [0, 0.1) is 19.7 Å². The molecule has 4 heteroatoms. The summed E-state index contributed by atoms with van der Waals surface area (Å²) < 4.78 is 13.3. The lowest BCUT2D eigenvalue weighted by Crippen LogP contribution is -2.19. The second-order valence-corrected chi connectivity index (χ2v) is 3.99. The highest BCUT2D eigenvalue weighted by molar-refractivity contribution is 5.32. The van der Waals surface area contributed by atoms with Gasteiger partial charge in [-0.2, -0.15) is 0 Å². The summed E-state index contributed by atoms with van der Waals surface area (Å²) in [6, 6.07) is 3.02. The predicted octanol–water partition coefficient (Wildman–Crippen LogP) is 1.22. The van der Waals surface area contributed by atoms with Crippen LogP contribution in [0.3, 0.4) is 0 Å². The van der Waals surface area contributed by atoms with Gasteiger partial charge in [0.1, 0.15) is 11.9 Å². The second kappa shape index (κ2) is 5.39. The molecule has 1 aromatic carbocycles. The maximum absolute atomic E-state index is 13.3. The molecule has 90 valence electrons. The average molecular weight is 228 g/mol. The fraction of sp³-hybridized carbons (Fsp3) is 0.500. The third kappa shape index (κ3) is 2.78. The first-order valence-corrected chi connectivity index (χ1v) is 5.21. The molecule has 0 aliphatic rings. The van der Waals surface area contributed by atoms with E-state index in [2.05, 4.69) is 0 Å². The Morgan fingerprint density at radius 3 is 2.12 bits per heavy atom. The lowest BCUT2D eigenvalue weighted by molar-refractivity contribution is 0.00413. The standard InChI is InChI=1S/C12H17FO3/c1-7-5-9(6-8(2)11(7)13)12(16)10(15)3-4-14/h5-6,10,12,14-16H,3-4H2,1-2H3. The normalized spacial score (nSPS) is 14.9. The molecule has 0 bridgehead atoms. The van der Waals surface area contributed by atoms with Crippen molar-refractivity contribution in [3.05, 3.63) is 34.6 Å². The Hall–Kier alpha value is -0.970. The second-order valence-electron chi connectivity index (χ2n) is 3.99. The van der Waals surface area contributed by atoms with Gasteiger partial charge in [0.05, 0.1) is 6.10 Å². The highest BCUT2D eigenvalue weighted by atomic mass is 19.1. The summed E-state index contributed by atoms with van der Waals surface area (Å²) in [5.41, 5.74) is 1.34. The lowest BCUT2D eigenvalue weighted by Gasteiger charge is -2.18. The number of benzene rings is 1. The molecule has 2 atom stereocenters. The van der Waals surface area contributed by atoms with Gasteiger partial charge in [0.2, 0.25) is 0 Å². The fourth-order valence-corrected chi connectivity index (χ4v) is 1.66. The Bertz CT molecular complexity index is 342. The monoisotopic (exact) mass is 228 g/mol. The van der Waals surface area contributed by atoms with Crippen LogP contribution in [-0.2, 0) is 0 Å². The Balaban J connectivity index is 2.96. The summed E-state index contributed by atoms with van der Waals surface area (Å²) >= 11 is 0. The van der Waals surface area contributed by atoms with Gasteiger partial charge in [-0.05, 0) is 37.0 Å². The molecule has 0 saturated heterocycles. The highest BCUT2D eigenvalue weighted by Crippen LogP contribution is 2.23. The average Bonchev–Trinajstić information content (AvgIpc) is 2.24. The topological polar surface area (TPSA) is 60.7 Å². The van der Waals surface area contributed by atoms with Crippen LogP contribution in [0.5, 0.6) is 0 Å². The number of rotatable bonds is 4. The van der Waals surface area contributed by atoms with Crippen molar-refractivity contribution in [2.45, 2.75) is 32.5 Å². The van der Waals surface area contributed by atoms with E-state index in [4.69, 9.17) is 5.11 Å². The first-order valence-electron chi connectivity index (χ1n) is 5.21. The van der Waals surface area contributed by atoms with Crippen LogP contribution in [0.4, 0.5) is 4.39 Å². The van der Waals surface area contributed by atoms with Crippen molar-refractivity contribution in [3.63, 3.8) is 0 Å². The van der Waals surface area contributed by atoms with Crippen molar-refractivity contribution in [2.24, 2.45) is 0 Å². The van der Waals surface area contributed by atoms with Crippen molar-refractivity contribution < 1.29 is 19.7 Å². The minimum atomic E-state index is -1.09. The number of hydrogen-bond acceptors (Lipinski definition) is 3. The Morgan fingerprint density at radius 2 is 1.69 bits per heavy atom. The minimum Gasteiger partial charge on any atom is -0.396 e. The number of halogens is 1. The van der Waals surface area contributed by atoms with E-state index in [1.54, 1.807) is 13.8 Å². The van der Waals surface area contributed by atoms with Gasteiger partial charge in [0, 0.05) is 6.61 Å². The van der Waals surface area contributed by atoms with Crippen LogP contribution in [0.25, 0.3) is 0 Å². The smallest absolute Gasteiger partial charge is 0.129 e. The summed E-state index contributed by atoms with van der Waals surface area (Å²) in [6.45, 7) is 3.02. The summed E-state index contributed by atoms with van der Waals surface area (Å²) in [5.74, 6) is -0.299. The van der Waals surface area contributed by atoms with Gasteiger partial charge in [-0.1, -0.05) is 12.1 Å². The molecular formula is C12H17FO3. The Kier molecular flexibility index (Phi) is 4.41. The Morgan fingerprint density at radius 1 is 1.19 bits per heavy atom. The molecule has 3 N–H and O–H groups in total. The molecule has 1 aromatic rings. The van der Waals surface area contributed by atoms with E-state index in [0.717, 1.165) is 0 Å². The molecule has 0 amide bonds. The summed E-state index contributed by atoms with van der Waals surface area (Å²) in [6.07, 6.45) is -2.03. The van der Waals surface area contributed by atoms with E-state index in [0.29, 0.717) is 16.7 Å². The molecule has 0 spiro atoms. The zero-order valence-corrected chi connectivity index (χ0v) is 9.44. The first kappa shape index (κ1) is 13.1. The molecule has 0 radical (unpaired) electrons. The molecule has 0 heterocycles. The van der Waals surface area contributed by atoms with Gasteiger partial charge in [-0.3, -0.25) is 0 Å². The maximum Gasteiger partial charge on any atom is 0.129 e. The van der Waals surface area contributed by atoms with Gasteiger partial charge in [-0.15, -0.1) is 0 Å². The van der Waals surface area contributed by atoms with Crippen LogP contribution in [-0.4, -0.2) is 28.0 Å². The zero-order valence-electron chi connectivity index (χ0n) is 9.44. The van der Waals surface area contributed by atoms with Crippen molar-refractivity contribution in [2.75, 3.05) is 6.61 Å². The molecule has 0 saturated carbocycles. The van der Waals surface area contributed by atoms with Gasteiger partial charge in [0.15, 0.2) is 0 Å². The predicted molar refractivity (Wildman–Crippen MR) is 58.5 cm³/mol. The van der Waals surface area contributed by atoms with E-state index < -0.39 is 12.2 Å². The van der Waals surface area contributed by atoms with E-state index in [-0.39, 0.29) is 18.8 Å². The molecule has 3 nitrogen and oxygen atoms in total. The number of aliphatic hydroxyl groups excluding tert-OH is 3. The number of aliphatic hydroxyl groups is 3. The van der Waals surface area contributed by atoms with Crippen LogP contribution < -0.4 is 0 Å². The highest BCUT2D eigenvalue weighted by Gasteiger charge is 2.19. The first-order chi connectivity index (χ1) is 7.47. The SMILES string of the molecule is Cc1cc(C(O)C(O)CCO)cc(C)c1F. The third-order valence-electron chi connectivity index (χ3n) is 2.59. The molecule has 0 fully saturated rings. The largest absolute Gasteiger partial charge is 0.396 e. The van der Waals surface area contributed by atoms with Crippen LogP contribution in [0.2, 0.25) is 0 Å². The van der Waals surface area contributed by atoms with Crippen LogP contribution in [0.15, 0.2) is 12.1 Å². The maximum atomic E-state index is 13.3. The van der Waals surface area contributed by atoms with E-state index in [9.17, 15) is 14.6 Å². The van der Waals surface area contributed by atoms with Gasteiger partial charge >= 0.3 is 0 Å². The van der Waals surface area contributed by atoms with Gasteiger partial charge in [-0.25, -0.2) is 4.39 Å². The van der Waals surface area contributed by atoms with Crippen molar-refractivity contribution in [1.29, 1.82) is 0 Å². The number of aryl methyl sites for hydroxylation is 2. The fourth-order valence-electron chi connectivity index (χ4n) is 1.66. The minimum absolute atomic E-state index is 0.0939. The van der Waals surface area contributed by atoms with E-state index in [1.165, 1.54) is 12.1 Å². The lowest BCUT2D eigenvalue weighted by atomic mass is 9.98. The summed E-state index contributed by atoms with van der Waals surface area (Å²) in [5, 5.41) is 27.9. The summed E-state index contributed by atoms with van der Waals surface area (Å²) in [7, 11) is 0. The molecule has 16 heavy (non-hydrogen) atoms. The van der Waals surface area contributed by atoms with Gasteiger partial charge in [0.25, 0.3) is 0 Å². The van der Waals surface area contributed by atoms with Gasteiger partial charge < -0.3 is 15.3 Å². The van der Waals surface area contributed by atoms with Crippen molar-refractivity contribution in [1.82, 2.24) is 0 Å². The van der Waals surface area contributed by atoms with Crippen molar-refractivity contribution >= 4 is 0 Å². The van der Waals surface area contributed by atoms with Crippen molar-refractivity contribution in [3.8, 4) is 0 Å². The molecule has 0 aliphatic carbocycles. The molecule has 2 unspecified atom stereocenters. The molecule has 0 aliphatic heterocycles. The number of hydrogen-bond donors (Lipinski definition) is 3. The zero-order chi connectivity index (χ0) is 12.3. The molecular weight excluding hydrogens is 211 g/mol. The molecule has 1 rings (SSSR count). The van der Waals surface area contributed by atoms with Crippen LogP contribution in [0.1, 0.15) is 29.2 Å². The Labute approximate surface area is 94.2 Å². The van der Waals surface area contributed by atoms with Crippen LogP contribution >= 0.6 is 0 Å². The summed E-state index contributed by atoms with van der Waals surface area (Å²) in [4.78, 5) is 0. The third-order valence-corrected chi connectivity index (χ3v) is 2.59. The van der Waals surface area contributed by atoms with E-state index in [1.807, 2.05) is 0 Å². The quantitative estimate of drug-likeness (QED) is 0.726. The van der Waals surface area contributed by atoms with E-state index >= 15 is 0 Å². The molecule has 0 aromatic heterocycles.